The van der Waals surface area contributed by atoms with Gasteiger partial charge < -0.3 is 15.7 Å². The van der Waals surface area contributed by atoms with Crippen LogP contribution in [0.5, 0.6) is 0 Å². The summed E-state index contributed by atoms with van der Waals surface area (Å²) in [6.45, 7) is 2.11. The van der Waals surface area contributed by atoms with Crippen LogP contribution in [0.1, 0.15) is 43.8 Å². The average molecular weight is 295 g/mol. The van der Waals surface area contributed by atoms with Crippen molar-refractivity contribution in [2.75, 3.05) is 18.0 Å². The van der Waals surface area contributed by atoms with Gasteiger partial charge in [-0.1, -0.05) is 19.3 Å². The number of carboxylic acids is 1. The Bertz CT molecular complexity index is 491. The third kappa shape index (κ3) is 2.67. The molecular formula is C14H21N3O2S. The van der Waals surface area contributed by atoms with Crippen LogP contribution < -0.4 is 10.6 Å². The molecule has 0 radical (unpaired) electrons. The normalized spacial score (nSPS) is 27.9. The summed E-state index contributed by atoms with van der Waals surface area (Å²) in [6.07, 6.45) is 6.68. The van der Waals surface area contributed by atoms with Crippen molar-refractivity contribution in [1.82, 2.24) is 4.98 Å². The second-order valence-electron chi connectivity index (χ2n) is 5.91. The molecule has 1 saturated carbocycles. The summed E-state index contributed by atoms with van der Waals surface area (Å²) in [7, 11) is 0. The first-order valence-corrected chi connectivity index (χ1v) is 8.22. The van der Waals surface area contributed by atoms with Crippen molar-refractivity contribution in [3.63, 3.8) is 0 Å². The van der Waals surface area contributed by atoms with Crippen LogP contribution in [0.3, 0.4) is 0 Å². The number of hydrogen-bond donors (Lipinski definition) is 2. The lowest BCUT2D eigenvalue weighted by molar-refractivity contribution is -0.138. The van der Waals surface area contributed by atoms with Gasteiger partial charge in [0, 0.05) is 18.5 Å². The summed E-state index contributed by atoms with van der Waals surface area (Å²) < 4.78 is 0. The van der Waals surface area contributed by atoms with Gasteiger partial charge in [-0.2, -0.15) is 0 Å². The predicted molar refractivity (Wildman–Crippen MR) is 79.0 cm³/mol. The monoisotopic (exact) mass is 295 g/mol. The molecule has 3 rings (SSSR count). The maximum atomic E-state index is 10.9. The molecule has 1 aliphatic heterocycles. The van der Waals surface area contributed by atoms with Gasteiger partial charge in [0.1, 0.15) is 6.04 Å². The highest BCUT2D eigenvalue weighted by atomic mass is 32.1. The van der Waals surface area contributed by atoms with Gasteiger partial charge in [-0.15, -0.1) is 11.3 Å². The summed E-state index contributed by atoms with van der Waals surface area (Å²) in [5.41, 5.74) is 6.09. The number of rotatable bonds is 3. The number of anilines is 1. The first-order chi connectivity index (χ1) is 9.65. The van der Waals surface area contributed by atoms with E-state index in [0.717, 1.165) is 30.1 Å². The summed E-state index contributed by atoms with van der Waals surface area (Å²) in [5, 5.41) is 11.6. The SMILES string of the molecule is NC(C(=O)O)c1csc(N2CCC3CCCCC3C2)n1. The van der Waals surface area contributed by atoms with Gasteiger partial charge in [-0.25, -0.2) is 4.98 Å². The van der Waals surface area contributed by atoms with Gasteiger partial charge in [0.25, 0.3) is 0 Å². The standard InChI is InChI=1S/C14H21N3O2S/c15-12(13(18)19)11-8-20-14(16-11)17-6-5-9-3-1-2-4-10(9)7-17/h8-10,12H,1-7,15H2,(H,18,19). The Kier molecular flexibility index (Phi) is 3.94. The van der Waals surface area contributed by atoms with Crippen LogP contribution in [0.25, 0.3) is 0 Å². The third-order valence-corrected chi connectivity index (χ3v) is 5.58. The van der Waals surface area contributed by atoms with Crippen molar-refractivity contribution in [2.24, 2.45) is 17.6 Å². The molecule has 3 N–H and O–H groups in total. The first kappa shape index (κ1) is 13.8. The van der Waals surface area contributed by atoms with E-state index in [1.165, 1.54) is 43.4 Å². The van der Waals surface area contributed by atoms with E-state index < -0.39 is 12.0 Å². The fraction of sp³-hybridized carbons (Fsp3) is 0.714. The molecule has 0 bridgehead atoms. The van der Waals surface area contributed by atoms with Crippen molar-refractivity contribution in [3.05, 3.63) is 11.1 Å². The molecular weight excluding hydrogens is 274 g/mol. The van der Waals surface area contributed by atoms with Crippen molar-refractivity contribution >= 4 is 22.4 Å². The molecule has 2 fully saturated rings. The third-order valence-electron chi connectivity index (χ3n) is 4.66. The van der Waals surface area contributed by atoms with E-state index in [0.29, 0.717) is 5.69 Å². The van der Waals surface area contributed by atoms with Crippen molar-refractivity contribution in [2.45, 2.75) is 38.1 Å². The number of carboxylic acid groups (broad SMARTS) is 1. The number of thiazole rings is 1. The smallest absolute Gasteiger partial charge is 0.326 e. The minimum Gasteiger partial charge on any atom is -0.480 e. The fourth-order valence-corrected chi connectivity index (χ4v) is 4.36. The van der Waals surface area contributed by atoms with Gasteiger partial charge in [0.15, 0.2) is 5.13 Å². The van der Waals surface area contributed by atoms with E-state index in [1.807, 2.05) is 0 Å². The minimum absolute atomic E-state index is 0.475. The summed E-state index contributed by atoms with van der Waals surface area (Å²) >= 11 is 1.51. The molecule has 3 unspecified atom stereocenters. The van der Waals surface area contributed by atoms with E-state index in [2.05, 4.69) is 9.88 Å². The van der Waals surface area contributed by atoms with Crippen molar-refractivity contribution < 1.29 is 9.90 Å². The van der Waals surface area contributed by atoms with Crippen LogP contribution >= 0.6 is 11.3 Å². The lowest BCUT2D eigenvalue weighted by atomic mass is 9.75. The number of aromatic nitrogens is 1. The number of nitrogens with zero attached hydrogens (tertiary/aromatic N) is 2. The number of nitrogens with two attached hydrogens (primary N) is 1. The van der Waals surface area contributed by atoms with Gasteiger partial charge in [0.2, 0.25) is 0 Å². The molecule has 2 heterocycles. The Morgan fingerprint density at radius 3 is 2.90 bits per heavy atom. The van der Waals surface area contributed by atoms with Crippen LogP contribution in [0.4, 0.5) is 5.13 Å². The zero-order chi connectivity index (χ0) is 14.1. The Morgan fingerprint density at radius 2 is 2.15 bits per heavy atom. The quantitative estimate of drug-likeness (QED) is 0.894. The molecule has 3 atom stereocenters. The van der Waals surface area contributed by atoms with E-state index in [4.69, 9.17) is 10.8 Å². The summed E-state index contributed by atoms with van der Waals surface area (Å²) in [6, 6.07) is -1.01. The van der Waals surface area contributed by atoms with Crippen LogP contribution in [-0.4, -0.2) is 29.1 Å². The second-order valence-corrected chi connectivity index (χ2v) is 6.75. The molecule has 1 saturated heterocycles. The largest absolute Gasteiger partial charge is 0.480 e. The van der Waals surface area contributed by atoms with Gasteiger partial charge in [-0.05, 0) is 24.7 Å². The first-order valence-electron chi connectivity index (χ1n) is 7.34. The van der Waals surface area contributed by atoms with Crippen LogP contribution in [0, 0.1) is 11.8 Å². The lowest BCUT2D eigenvalue weighted by Gasteiger charge is -2.41. The lowest BCUT2D eigenvalue weighted by Crippen LogP contribution is -2.41. The molecule has 5 nitrogen and oxygen atoms in total. The molecule has 0 amide bonds. The topological polar surface area (TPSA) is 79.5 Å². The molecule has 20 heavy (non-hydrogen) atoms. The van der Waals surface area contributed by atoms with Crippen LogP contribution in [0.15, 0.2) is 5.38 Å². The fourth-order valence-electron chi connectivity index (χ4n) is 3.47. The minimum atomic E-state index is -1.02. The van der Waals surface area contributed by atoms with Crippen LogP contribution in [-0.2, 0) is 4.79 Å². The highest BCUT2D eigenvalue weighted by molar-refractivity contribution is 7.13. The highest BCUT2D eigenvalue weighted by Gasteiger charge is 2.32. The Balaban J connectivity index is 1.69. The zero-order valence-corrected chi connectivity index (χ0v) is 12.3. The molecule has 1 aliphatic carbocycles. The summed E-state index contributed by atoms with van der Waals surface area (Å²) in [4.78, 5) is 17.6. The molecule has 2 aliphatic rings. The van der Waals surface area contributed by atoms with Gasteiger partial charge in [-0.3, -0.25) is 4.79 Å². The number of hydrogen-bond acceptors (Lipinski definition) is 5. The Labute approximate surface area is 122 Å². The number of aliphatic carboxylic acids is 1. The van der Waals surface area contributed by atoms with E-state index >= 15 is 0 Å². The number of fused-ring (bicyclic) bond motifs is 1. The van der Waals surface area contributed by atoms with E-state index in [1.54, 1.807) is 5.38 Å². The average Bonchev–Trinajstić information content (AvgIpc) is 2.95. The number of piperidine rings is 1. The number of carbonyl (C=O) groups is 1. The molecule has 1 aromatic heterocycles. The van der Waals surface area contributed by atoms with E-state index in [-0.39, 0.29) is 0 Å². The maximum Gasteiger partial charge on any atom is 0.326 e. The van der Waals surface area contributed by atoms with Gasteiger partial charge >= 0.3 is 5.97 Å². The summed E-state index contributed by atoms with van der Waals surface area (Å²) in [5.74, 6) is 0.659. The molecule has 1 aromatic rings. The van der Waals surface area contributed by atoms with Gasteiger partial charge in [0.05, 0.1) is 5.69 Å². The Hall–Kier alpha value is -1.14. The molecule has 0 aromatic carbocycles. The highest BCUT2D eigenvalue weighted by Crippen LogP contribution is 2.38. The predicted octanol–water partition coefficient (Wildman–Crippen LogP) is 2.24. The Morgan fingerprint density at radius 1 is 1.40 bits per heavy atom. The van der Waals surface area contributed by atoms with Crippen molar-refractivity contribution in [3.8, 4) is 0 Å². The van der Waals surface area contributed by atoms with Crippen molar-refractivity contribution in [1.29, 1.82) is 0 Å². The van der Waals surface area contributed by atoms with Crippen LogP contribution in [0.2, 0.25) is 0 Å². The molecule has 6 heteroatoms. The van der Waals surface area contributed by atoms with E-state index in [9.17, 15) is 4.79 Å². The second kappa shape index (κ2) is 5.69. The molecule has 110 valence electrons. The maximum absolute atomic E-state index is 10.9. The zero-order valence-electron chi connectivity index (χ0n) is 11.5. The molecule has 0 spiro atoms.